The molecule has 2 heterocycles. The van der Waals surface area contributed by atoms with Gasteiger partial charge in [-0.2, -0.15) is 5.10 Å². The van der Waals surface area contributed by atoms with E-state index in [0.29, 0.717) is 11.7 Å². The van der Waals surface area contributed by atoms with Crippen molar-refractivity contribution in [1.82, 2.24) is 19.7 Å². The SMILES string of the molecule is CCC(CC)n1nc(C)c2[nH]c(=O)c(C)nc21. The van der Waals surface area contributed by atoms with Crippen LogP contribution in [0.2, 0.25) is 0 Å². The van der Waals surface area contributed by atoms with Crippen LogP contribution < -0.4 is 5.56 Å². The topological polar surface area (TPSA) is 63.6 Å². The Morgan fingerprint density at radius 1 is 1.24 bits per heavy atom. The predicted molar refractivity (Wildman–Crippen MR) is 67.2 cm³/mol. The maximum Gasteiger partial charge on any atom is 0.269 e. The second kappa shape index (κ2) is 4.31. The van der Waals surface area contributed by atoms with Gasteiger partial charge in [0.25, 0.3) is 5.56 Å². The molecule has 0 atom stereocenters. The van der Waals surface area contributed by atoms with Crippen molar-refractivity contribution in [2.45, 2.75) is 46.6 Å². The highest BCUT2D eigenvalue weighted by molar-refractivity contribution is 5.73. The fraction of sp³-hybridized carbons (Fsp3) is 0.583. The van der Waals surface area contributed by atoms with Crippen molar-refractivity contribution in [2.75, 3.05) is 0 Å². The number of nitrogens with one attached hydrogen (secondary N) is 1. The molecule has 0 amide bonds. The summed E-state index contributed by atoms with van der Waals surface area (Å²) in [4.78, 5) is 18.8. The zero-order valence-corrected chi connectivity index (χ0v) is 10.7. The lowest BCUT2D eigenvalue weighted by molar-refractivity contribution is 0.436. The Labute approximate surface area is 99.9 Å². The van der Waals surface area contributed by atoms with Crippen LogP contribution in [0.1, 0.15) is 44.1 Å². The molecule has 2 aromatic heterocycles. The van der Waals surface area contributed by atoms with Crippen molar-refractivity contribution >= 4 is 11.2 Å². The molecular weight excluding hydrogens is 216 g/mol. The number of nitrogens with zero attached hydrogens (tertiary/aromatic N) is 3. The summed E-state index contributed by atoms with van der Waals surface area (Å²) in [7, 11) is 0. The third-order valence-electron chi connectivity index (χ3n) is 3.19. The third kappa shape index (κ3) is 1.85. The summed E-state index contributed by atoms with van der Waals surface area (Å²) in [5, 5.41) is 4.50. The van der Waals surface area contributed by atoms with Crippen LogP contribution >= 0.6 is 0 Å². The monoisotopic (exact) mass is 234 g/mol. The Kier molecular flexibility index (Phi) is 3.00. The summed E-state index contributed by atoms with van der Waals surface area (Å²) < 4.78 is 1.94. The van der Waals surface area contributed by atoms with Crippen molar-refractivity contribution in [3.05, 3.63) is 21.7 Å². The number of fused-ring (bicyclic) bond motifs is 1. The minimum atomic E-state index is -0.135. The lowest BCUT2D eigenvalue weighted by Gasteiger charge is -2.13. The molecule has 0 bridgehead atoms. The zero-order chi connectivity index (χ0) is 12.6. The molecule has 5 heteroatoms. The van der Waals surface area contributed by atoms with Gasteiger partial charge in [-0.25, -0.2) is 9.67 Å². The summed E-state index contributed by atoms with van der Waals surface area (Å²) in [5.41, 5.74) is 2.73. The van der Waals surface area contributed by atoms with Crippen molar-refractivity contribution < 1.29 is 0 Å². The molecule has 0 aliphatic rings. The molecule has 92 valence electrons. The second-order valence-corrected chi connectivity index (χ2v) is 4.35. The first-order chi connectivity index (χ1) is 8.08. The lowest BCUT2D eigenvalue weighted by Crippen LogP contribution is -2.14. The molecule has 0 fully saturated rings. The molecule has 17 heavy (non-hydrogen) atoms. The number of rotatable bonds is 3. The molecule has 0 aliphatic heterocycles. The van der Waals surface area contributed by atoms with Crippen LogP contribution in [0, 0.1) is 13.8 Å². The van der Waals surface area contributed by atoms with E-state index in [0.717, 1.165) is 29.7 Å². The fourth-order valence-electron chi connectivity index (χ4n) is 2.09. The average Bonchev–Trinajstić information content (AvgIpc) is 2.60. The van der Waals surface area contributed by atoms with Gasteiger partial charge in [0, 0.05) is 0 Å². The molecule has 2 rings (SSSR count). The minimum absolute atomic E-state index is 0.135. The zero-order valence-electron chi connectivity index (χ0n) is 10.7. The summed E-state index contributed by atoms with van der Waals surface area (Å²) in [6.07, 6.45) is 2.01. The van der Waals surface area contributed by atoms with E-state index < -0.39 is 0 Å². The van der Waals surface area contributed by atoms with Crippen molar-refractivity contribution in [3.63, 3.8) is 0 Å². The van der Waals surface area contributed by atoms with E-state index >= 15 is 0 Å². The van der Waals surface area contributed by atoms with E-state index in [-0.39, 0.29) is 5.56 Å². The maximum absolute atomic E-state index is 11.5. The van der Waals surface area contributed by atoms with Crippen molar-refractivity contribution in [3.8, 4) is 0 Å². The van der Waals surface area contributed by atoms with Gasteiger partial charge in [-0.3, -0.25) is 4.79 Å². The summed E-state index contributed by atoms with van der Waals surface area (Å²) in [6, 6.07) is 0.337. The first kappa shape index (κ1) is 11.8. The Morgan fingerprint density at radius 2 is 1.88 bits per heavy atom. The smallest absolute Gasteiger partial charge is 0.269 e. The van der Waals surface area contributed by atoms with Gasteiger partial charge in [0.2, 0.25) is 0 Å². The molecular formula is C12H18N4O. The maximum atomic E-state index is 11.5. The van der Waals surface area contributed by atoms with Crippen LogP contribution in [-0.2, 0) is 0 Å². The molecule has 0 aromatic carbocycles. The van der Waals surface area contributed by atoms with Crippen molar-refractivity contribution in [1.29, 1.82) is 0 Å². The minimum Gasteiger partial charge on any atom is -0.316 e. The third-order valence-corrected chi connectivity index (χ3v) is 3.19. The molecule has 0 aliphatic carbocycles. The van der Waals surface area contributed by atoms with Gasteiger partial charge in [-0.05, 0) is 26.7 Å². The van der Waals surface area contributed by atoms with E-state index in [1.165, 1.54) is 0 Å². The molecule has 2 aromatic rings. The Hall–Kier alpha value is -1.65. The number of aryl methyl sites for hydroxylation is 2. The van der Waals surface area contributed by atoms with Crippen LogP contribution in [0.15, 0.2) is 4.79 Å². The molecule has 0 unspecified atom stereocenters. The average molecular weight is 234 g/mol. The highest BCUT2D eigenvalue weighted by Crippen LogP contribution is 2.21. The van der Waals surface area contributed by atoms with Gasteiger partial charge in [-0.15, -0.1) is 0 Å². The van der Waals surface area contributed by atoms with E-state index in [1.54, 1.807) is 6.92 Å². The Balaban J connectivity index is 2.73. The van der Waals surface area contributed by atoms with E-state index in [1.807, 2.05) is 11.6 Å². The van der Waals surface area contributed by atoms with E-state index in [2.05, 4.69) is 28.9 Å². The summed E-state index contributed by atoms with van der Waals surface area (Å²) >= 11 is 0. The van der Waals surface area contributed by atoms with Crippen LogP contribution in [0.3, 0.4) is 0 Å². The van der Waals surface area contributed by atoms with E-state index in [9.17, 15) is 4.79 Å². The molecule has 0 spiro atoms. The van der Waals surface area contributed by atoms with Crippen LogP contribution in [0.5, 0.6) is 0 Å². The Morgan fingerprint density at radius 3 is 2.47 bits per heavy atom. The molecule has 5 nitrogen and oxygen atoms in total. The molecule has 0 saturated carbocycles. The quantitative estimate of drug-likeness (QED) is 0.884. The van der Waals surface area contributed by atoms with Gasteiger partial charge >= 0.3 is 0 Å². The van der Waals surface area contributed by atoms with Gasteiger partial charge in [0.05, 0.1) is 11.7 Å². The standard InChI is InChI=1S/C12H18N4O/c1-5-9(6-2)16-11-10(7(3)15-16)14-12(17)8(4)13-11/h9H,5-6H2,1-4H3,(H,14,17). The van der Waals surface area contributed by atoms with Gasteiger partial charge in [-0.1, -0.05) is 13.8 Å². The van der Waals surface area contributed by atoms with Crippen LogP contribution in [-0.4, -0.2) is 19.7 Å². The van der Waals surface area contributed by atoms with Gasteiger partial charge in [0.1, 0.15) is 11.2 Å². The number of aromatic nitrogens is 4. The number of aromatic amines is 1. The van der Waals surface area contributed by atoms with Gasteiger partial charge in [0.15, 0.2) is 5.65 Å². The fourth-order valence-corrected chi connectivity index (χ4v) is 2.09. The normalized spacial score (nSPS) is 11.6. The lowest BCUT2D eigenvalue weighted by atomic mass is 10.2. The summed E-state index contributed by atoms with van der Waals surface area (Å²) in [5.74, 6) is 0. The van der Waals surface area contributed by atoms with Crippen LogP contribution in [0.4, 0.5) is 0 Å². The molecule has 0 radical (unpaired) electrons. The molecule has 1 N–H and O–H groups in total. The highest BCUT2D eigenvalue weighted by Gasteiger charge is 2.16. The first-order valence-corrected chi connectivity index (χ1v) is 6.04. The van der Waals surface area contributed by atoms with Gasteiger partial charge < -0.3 is 4.98 Å². The Bertz CT molecular complexity index is 592. The van der Waals surface area contributed by atoms with Crippen LogP contribution in [0.25, 0.3) is 11.2 Å². The predicted octanol–water partition coefficient (Wildman–Crippen LogP) is 2.10. The largest absolute Gasteiger partial charge is 0.316 e. The first-order valence-electron chi connectivity index (χ1n) is 6.04. The number of H-pyrrole nitrogens is 1. The highest BCUT2D eigenvalue weighted by atomic mass is 16.1. The van der Waals surface area contributed by atoms with Crippen molar-refractivity contribution in [2.24, 2.45) is 0 Å². The second-order valence-electron chi connectivity index (χ2n) is 4.35. The van der Waals surface area contributed by atoms with E-state index in [4.69, 9.17) is 0 Å². The number of hydrogen-bond donors (Lipinski definition) is 1. The number of hydrogen-bond acceptors (Lipinski definition) is 3. The summed E-state index contributed by atoms with van der Waals surface area (Å²) in [6.45, 7) is 7.89. The molecule has 0 saturated heterocycles.